The van der Waals surface area contributed by atoms with Crippen LogP contribution in [-0.4, -0.2) is 17.2 Å². The van der Waals surface area contributed by atoms with E-state index >= 15 is 0 Å². The van der Waals surface area contributed by atoms with Crippen molar-refractivity contribution in [3.63, 3.8) is 0 Å². The maximum absolute atomic E-state index is 12.3. The van der Waals surface area contributed by atoms with E-state index < -0.39 is 5.91 Å². The quantitative estimate of drug-likeness (QED) is 0.232. The van der Waals surface area contributed by atoms with E-state index in [-0.39, 0.29) is 11.3 Å². The maximum atomic E-state index is 12.3. The molecule has 0 aliphatic rings. The number of hydrazone groups is 1. The van der Waals surface area contributed by atoms with Crippen molar-refractivity contribution in [1.29, 1.82) is 0 Å². The van der Waals surface area contributed by atoms with Crippen LogP contribution in [0.5, 0.6) is 11.5 Å². The van der Waals surface area contributed by atoms with Gasteiger partial charge in [0, 0.05) is 4.47 Å². The van der Waals surface area contributed by atoms with E-state index in [9.17, 15) is 9.90 Å². The van der Waals surface area contributed by atoms with Crippen molar-refractivity contribution >= 4 is 67.2 Å². The normalized spacial score (nSPS) is 11.1. The second kappa shape index (κ2) is 10.7. The van der Waals surface area contributed by atoms with Gasteiger partial charge >= 0.3 is 0 Å². The van der Waals surface area contributed by atoms with Crippen LogP contribution in [-0.2, 0) is 6.61 Å². The minimum atomic E-state index is -0.532. The SMILES string of the molecule is Cc1cc(/C=N\NC(=O)c2cc(Br)cc(Br)c2O)cc(C)c1OCc1ccc(Cl)c(Cl)c1. The molecule has 0 aliphatic carbocycles. The predicted molar refractivity (Wildman–Crippen MR) is 135 cm³/mol. The Bertz CT molecular complexity index is 1190. The van der Waals surface area contributed by atoms with Crippen molar-refractivity contribution in [2.75, 3.05) is 0 Å². The molecule has 0 radical (unpaired) electrons. The van der Waals surface area contributed by atoms with Gasteiger partial charge in [0.15, 0.2) is 0 Å². The Morgan fingerprint density at radius 1 is 1.09 bits per heavy atom. The van der Waals surface area contributed by atoms with Gasteiger partial charge in [-0.15, -0.1) is 0 Å². The zero-order valence-electron chi connectivity index (χ0n) is 17.0. The number of hydrogen-bond acceptors (Lipinski definition) is 4. The molecule has 3 rings (SSSR count). The lowest BCUT2D eigenvalue weighted by molar-refractivity contribution is 0.0952. The predicted octanol–water partition coefficient (Wildman–Crippen LogP) is 7.18. The Hall–Kier alpha value is -2.06. The summed E-state index contributed by atoms with van der Waals surface area (Å²) in [6.45, 7) is 4.22. The Labute approximate surface area is 212 Å². The van der Waals surface area contributed by atoms with Gasteiger partial charge in [-0.1, -0.05) is 45.2 Å². The number of benzene rings is 3. The fraction of sp³-hybridized carbons (Fsp3) is 0.130. The highest BCUT2D eigenvalue weighted by atomic mass is 79.9. The molecule has 0 aliphatic heterocycles. The number of carbonyl (C=O) groups is 1. The molecule has 166 valence electrons. The highest BCUT2D eigenvalue weighted by Gasteiger charge is 2.14. The summed E-state index contributed by atoms with van der Waals surface area (Å²) in [5.74, 6) is 0.0769. The molecular formula is C23H18Br2Cl2N2O3. The first-order valence-corrected chi connectivity index (χ1v) is 11.7. The summed E-state index contributed by atoms with van der Waals surface area (Å²) in [7, 11) is 0. The highest BCUT2D eigenvalue weighted by Crippen LogP contribution is 2.31. The number of phenols is 1. The van der Waals surface area contributed by atoms with Crippen molar-refractivity contribution in [1.82, 2.24) is 5.43 Å². The molecule has 0 unspecified atom stereocenters. The number of carbonyl (C=O) groups excluding carboxylic acids is 1. The number of rotatable bonds is 6. The van der Waals surface area contributed by atoms with Gasteiger partial charge in [0.25, 0.3) is 5.91 Å². The smallest absolute Gasteiger partial charge is 0.275 e. The second-order valence-electron chi connectivity index (χ2n) is 7.00. The van der Waals surface area contributed by atoms with Crippen LogP contribution in [0.15, 0.2) is 56.5 Å². The van der Waals surface area contributed by atoms with Gasteiger partial charge in [0.2, 0.25) is 0 Å². The molecule has 5 nitrogen and oxygen atoms in total. The minimum absolute atomic E-state index is 0.0989. The van der Waals surface area contributed by atoms with E-state index in [0.29, 0.717) is 25.6 Å². The standard InChI is InChI=1S/C23H18Br2Cl2N2O3/c1-12-5-15(10-28-29-23(31)17-8-16(24)9-18(25)21(17)30)6-13(2)22(12)32-11-14-3-4-19(26)20(27)7-14/h3-10,30H,11H2,1-2H3,(H,29,31)/b28-10-. The molecule has 3 aromatic rings. The monoisotopic (exact) mass is 598 g/mol. The van der Waals surface area contributed by atoms with Crippen molar-refractivity contribution in [3.05, 3.63) is 89.3 Å². The molecule has 0 saturated carbocycles. The van der Waals surface area contributed by atoms with Gasteiger partial charge in [-0.25, -0.2) is 5.43 Å². The summed E-state index contributed by atoms with van der Waals surface area (Å²) >= 11 is 18.5. The van der Waals surface area contributed by atoms with Crippen molar-refractivity contribution in [3.8, 4) is 11.5 Å². The number of aromatic hydroxyl groups is 1. The molecule has 0 heterocycles. The van der Waals surface area contributed by atoms with Crippen LogP contribution in [0.1, 0.15) is 32.6 Å². The van der Waals surface area contributed by atoms with Crippen LogP contribution >= 0.6 is 55.1 Å². The molecule has 2 N–H and O–H groups in total. The molecule has 32 heavy (non-hydrogen) atoms. The third kappa shape index (κ3) is 6.04. The van der Waals surface area contributed by atoms with Crippen LogP contribution in [0.4, 0.5) is 0 Å². The van der Waals surface area contributed by atoms with E-state index in [1.54, 1.807) is 18.2 Å². The van der Waals surface area contributed by atoms with E-state index in [1.807, 2.05) is 32.0 Å². The molecule has 3 aromatic carbocycles. The third-order valence-electron chi connectivity index (χ3n) is 4.50. The van der Waals surface area contributed by atoms with Crippen LogP contribution in [0.25, 0.3) is 0 Å². The molecule has 1 amide bonds. The fourth-order valence-corrected chi connectivity index (χ4v) is 4.58. The first-order chi connectivity index (χ1) is 15.2. The number of ether oxygens (including phenoxy) is 1. The average molecular weight is 601 g/mol. The molecule has 9 heteroatoms. The number of phenolic OH excluding ortho intramolecular Hbond substituents is 1. The molecule has 0 bridgehead atoms. The molecule has 0 atom stereocenters. The molecular weight excluding hydrogens is 583 g/mol. The Morgan fingerprint density at radius 3 is 2.44 bits per heavy atom. The van der Waals surface area contributed by atoms with Crippen LogP contribution in [0.3, 0.4) is 0 Å². The van der Waals surface area contributed by atoms with E-state index in [1.165, 1.54) is 12.3 Å². The van der Waals surface area contributed by atoms with Crippen molar-refractivity contribution < 1.29 is 14.6 Å². The molecule has 0 saturated heterocycles. The number of nitrogens with one attached hydrogen (secondary N) is 1. The van der Waals surface area contributed by atoms with Crippen LogP contribution < -0.4 is 10.2 Å². The second-order valence-corrected chi connectivity index (χ2v) is 9.59. The molecule has 0 spiro atoms. The summed E-state index contributed by atoms with van der Waals surface area (Å²) in [6.07, 6.45) is 1.53. The summed E-state index contributed by atoms with van der Waals surface area (Å²) < 4.78 is 7.05. The van der Waals surface area contributed by atoms with Gasteiger partial charge in [-0.3, -0.25) is 4.79 Å². The Morgan fingerprint density at radius 2 is 1.78 bits per heavy atom. The minimum Gasteiger partial charge on any atom is -0.506 e. The summed E-state index contributed by atoms with van der Waals surface area (Å²) in [6, 6.07) is 12.3. The number of halogens is 4. The summed E-state index contributed by atoms with van der Waals surface area (Å²) in [5.41, 5.74) is 6.08. The molecule has 0 aromatic heterocycles. The van der Waals surface area contributed by atoms with E-state index in [2.05, 4.69) is 42.4 Å². The van der Waals surface area contributed by atoms with Gasteiger partial charge in [-0.05, 0) is 88.4 Å². The summed E-state index contributed by atoms with van der Waals surface area (Å²) in [5, 5.41) is 15.1. The zero-order valence-corrected chi connectivity index (χ0v) is 21.7. The number of amides is 1. The lowest BCUT2D eigenvalue weighted by Crippen LogP contribution is -2.18. The lowest BCUT2D eigenvalue weighted by Gasteiger charge is -2.13. The average Bonchev–Trinajstić information content (AvgIpc) is 2.72. The number of aryl methyl sites for hydroxylation is 2. The largest absolute Gasteiger partial charge is 0.506 e. The van der Waals surface area contributed by atoms with Crippen molar-refractivity contribution in [2.45, 2.75) is 20.5 Å². The number of nitrogens with zero attached hydrogens (tertiary/aromatic N) is 1. The van der Waals surface area contributed by atoms with Crippen LogP contribution in [0, 0.1) is 13.8 Å². The van der Waals surface area contributed by atoms with E-state index in [0.717, 1.165) is 28.0 Å². The van der Waals surface area contributed by atoms with Crippen molar-refractivity contribution in [2.24, 2.45) is 5.10 Å². The molecule has 0 fully saturated rings. The Balaban J connectivity index is 1.68. The number of hydrogen-bond donors (Lipinski definition) is 2. The topological polar surface area (TPSA) is 70.9 Å². The maximum Gasteiger partial charge on any atom is 0.275 e. The van der Waals surface area contributed by atoms with Gasteiger partial charge in [0.05, 0.1) is 26.3 Å². The first kappa shape index (κ1) is 24.6. The lowest BCUT2D eigenvalue weighted by atomic mass is 10.1. The van der Waals surface area contributed by atoms with Gasteiger partial charge in [-0.2, -0.15) is 5.10 Å². The summed E-state index contributed by atoms with van der Waals surface area (Å²) in [4.78, 5) is 12.3. The van der Waals surface area contributed by atoms with Gasteiger partial charge < -0.3 is 9.84 Å². The fourth-order valence-electron chi connectivity index (χ4n) is 3.04. The first-order valence-electron chi connectivity index (χ1n) is 9.35. The van der Waals surface area contributed by atoms with Crippen LogP contribution in [0.2, 0.25) is 10.0 Å². The van der Waals surface area contributed by atoms with Gasteiger partial charge in [0.1, 0.15) is 18.1 Å². The third-order valence-corrected chi connectivity index (χ3v) is 6.30. The Kier molecular flexibility index (Phi) is 8.22. The zero-order chi connectivity index (χ0) is 23.4. The highest BCUT2D eigenvalue weighted by molar-refractivity contribution is 9.11. The van der Waals surface area contributed by atoms with E-state index in [4.69, 9.17) is 27.9 Å².